The summed E-state index contributed by atoms with van der Waals surface area (Å²) in [6.07, 6.45) is -5.30. The molecule has 1 saturated carbocycles. The van der Waals surface area contributed by atoms with Crippen molar-refractivity contribution in [3.8, 4) is 11.5 Å². The number of carboxylic acid groups (broad SMARTS) is 2. The molecule has 44 heavy (non-hydrogen) atoms. The van der Waals surface area contributed by atoms with Gasteiger partial charge in [-0.15, -0.1) is 0 Å². The molecule has 0 aromatic heterocycles. The fraction of sp³-hybridized carbons (Fsp3) is 0.517. The highest BCUT2D eigenvalue weighted by atomic mass is 16.6. The highest BCUT2D eigenvalue weighted by molar-refractivity contribution is 5.91. The molecule has 2 bridgehead atoms. The van der Waals surface area contributed by atoms with Gasteiger partial charge >= 0.3 is 35.8 Å². The largest absolute Gasteiger partial charge is 0.504 e. The van der Waals surface area contributed by atoms with E-state index in [0.717, 1.165) is 25.8 Å². The third kappa shape index (κ3) is 4.90. The van der Waals surface area contributed by atoms with Gasteiger partial charge in [0.1, 0.15) is 5.76 Å². The second kappa shape index (κ2) is 11.1. The number of aromatic hydroxyl groups is 1. The molecule has 3 aliphatic carbocycles. The van der Waals surface area contributed by atoms with E-state index in [1.807, 2.05) is 0 Å². The molecule has 4 N–H and O–H groups in total. The van der Waals surface area contributed by atoms with Crippen LogP contribution in [0.25, 0.3) is 0 Å². The van der Waals surface area contributed by atoms with Gasteiger partial charge in [0.2, 0.25) is 18.3 Å². The zero-order valence-electron chi connectivity index (χ0n) is 23.6. The van der Waals surface area contributed by atoms with Crippen molar-refractivity contribution in [2.45, 2.75) is 87.8 Å². The van der Waals surface area contributed by atoms with E-state index in [1.54, 1.807) is 6.07 Å². The SMILES string of the molecule is CC(=O)O[C@@H](C(=O)OC1=CC[C@@]2(O)[C@@H]3CCCC24c2c(ccc(O)c2O[C@@H]14)C3)[C@@H](OC(C)=O)C(=O)O[C@@H](CC(=O)O)C(=O)O. The molecule has 1 aromatic rings. The van der Waals surface area contributed by atoms with Gasteiger partial charge in [-0.2, -0.15) is 0 Å². The molecular weight excluding hydrogens is 588 g/mol. The van der Waals surface area contributed by atoms with Crippen LogP contribution in [0.1, 0.15) is 57.1 Å². The fourth-order valence-corrected chi connectivity index (χ4v) is 7.08. The van der Waals surface area contributed by atoms with Crippen molar-refractivity contribution in [3.63, 3.8) is 0 Å². The van der Waals surface area contributed by atoms with Crippen LogP contribution < -0.4 is 4.74 Å². The lowest BCUT2D eigenvalue weighted by atomic mass is 9.47. The normalized spacial score (nSPS) is 27.7. The smallest absolute Gasteiger partial charge is 0.357 e. The molecule has 1 heterocycles. The van der Waals surface area contributed by atoms with Gasteiger partial charge in [-0.25, -0.2) is 14.4 Å². The van der Waals surface area contributed by atoms with Crippen LogP contribution in [-0.4, -0.2) is 86.3 Å². The summed E-state index contributed by atoms with van der Waals surface area (Å²) in [6.45, 7) is 1.73. The van der Waals surface area contributed by atoms with Crippen molar-refractivity contribution >= 4 is 35.8 Å². The lowest BCUT2D eigenvalue weighted by Crippen LogP contribution is -2.67. The number of carbonyl (C=O) groups is 6. The van der Waals surface area contributed by atoms with Crippen LogP contribution in [0, 0.1) is 5.92 Å². The molecule has 15 nitrogen and oxygen atoms in total. The average molecular weight is 619 g/mol. The van der Waals surface area contributed by atoms with Crippen LogP contribution >= 0.6 is 0 Å². The Morgan fingerprint density at radius 1 is 1.00 bits per heavy atom. The lowest BCUT2D eigenvalue weighted by Gasteiger charge is -2.59. The maximum atomic E-state index is 13.6. The summed E-state index contributed by atoms with van der Waals surface area (Å²) >= 11 is 0. The second-order valence-electron chi connectivity index (χ2n) is 11.3. The average Bonchev–Trinajstić information content (AvgIpc) is 3.28. The number of aliphatic carboxylic acids is 2. The molecule has 1 fully saturated rings. The maximum absolute atomic E-state index is 13.6. The van der Waals surface area contributed by atoms with E-state index in [0.29, 0.717) is 24.8 Å². The van der Waals surface area contributed by atoms with Crippen molar-refractivity contribution in [1.29, 1.82) is 0 Å². The Hall–Kier alpha value is -4.66. The molecule has 236 valence electrons. The Morgan fingerprint density at radius 2 is 1.66 bits per heavy atom. The summed E-state index contributed by atoms with van der Waals surface area (Å²) in [5.41, 5.74) is -0.892. The van der Waals surface area contributed by atoms with Crippen LogP contribution in [0.2, 0.25) is 0 Å². The van der Waals surface area contributed by atoms with E-state index in [1.165, 1.54) is 12.1 Å². The monoisotopic (exact) mass is 618 g/mol. The number of esters is 4. The molecule has 4 aliphatic rings. The topological polar surface area (TPSA) is 229 Å². The van der Waals surface area contributed by atoms with Gasteiger partial charge in [0.25, 0.3) is 0 Å². The van der Waals surface area contributed by atoms with Crippen LogP contribution in [0.3, 0.4) is 0 Å². The molecular formula is C29H30O15. The van der Waals surface area contributed by atoms with Gasteiger partial charge in [-0.1, -0.05) is 12.5 Å². The van der Waals surface area contributed by atoms with Crippen molar-refractivity contribution in [2.75, 3.05) is 0 Å². The van der Waals surface area contributed by atoms with Gasteiger partial charge in [0, 0.05) is 19.4 Å². The molecule has 5 rings (SSSR count). The molecule has 0 amide bonds. The minimum absolute atomic E-state index is 0.0395. The Balaban J connectivity index is 1.48. The van der Waals surface area contributed by atoms with E-state index in [2.05, 4.69) is 0 Å². The zero-order valence-corrected chi connectivity index (χ0v) is 23.6. The van der Waals surface area contributed by atoms with Crippen molar-refractivity contribution in [1.82, 2.24) is 0 Å². The first-order valence-corrected chi connectivity index (χ1v) is 13.8. The summed E-state index contributed by atoms with van der Waals surface area (Å²) in [5.74, 6) is -9.17. The first-order chi connectivity index (χ1) is 20.7. The summed E-state index contributed by atoms with van der Waals surface area (Å²) in [4.78, 5) is 73.0. The molecule has 7 atom stereocenters. The van der Waals surface area contributed by atoms with Crippen LogP contribution in [0.15, 0.2) is 24.0 Å². The van der Waals surface area contributed by atoms with E-state index in [-0.39, 0.29) is 29.6 Å². The molecule has 0 saturated heterocycles. The number of carboxylic acids is 2. The molecule has 1 spiro atoms. The first-order valence-electron chi connectivity index (χ1n) is 13.8. The minimum atomic E-state index is -2.38. The number of ether oxygens (including phenoxy) is 5. The van der Waals surface area contributed by atoms with Gasteiger partial charge < -0.3 is 44.1 Å². The number of hydrogen-bond donors (Lipinski definition) is 4. The van der Waals surface area contributed by atoms with E-state index >= 15 is 0 Å². The molecule has 15 heteroatoms. The molecule has 1 aromatic carbocycles. The number of phenolic OH excluding ortho intramolecular Hbond substituents is 1. The second-order valence-corrected chi connectivity index (χ2v) is 11.3. The predicted octanol–water partition coefficient (Wildman–Crippen LogP) is 0.644. The molecule has 1 aliphatic heterocycles. The van der Waals surface area contributed by atoms with Gasteiger partial charge in [-0.3, -0.25) is 14.4 Å². The number of rotatable bonds is 10. The Bertz CT molecular complexity index is 1480. The number of benzene rings is 1. The minimum Gasteiger partial charge on any atom is -0.504 e. The highest BCUT2D eigenvalue weighted by Gasteiger charge is 2.71. The summed E-state index contributed by atoms with van der Waals surface area (Å²) < 4.78 is 26.4. The standard InChI is InChI=1S/C29H30O15/c1-12(30)40-22(23(41-13(2)31)27(38)43-18(25(35)36)11-19(33)34)26(37)42-17-7-9-29(39)15-4-3-8-28(29)20-14(10-15)5-6-16(32)21(20)44-24(17)28/h5-7,15,18,22-24,32,39H,3-4,8-11H2,1-2H3,(H,33,34)(H,35,36)/t15-,18+,22-,23-,24+,28?,29-/m1/s1. The van der Waals surface area contributed by atoms with Gasteiger partial charge in [0.15, 0.2) is 17.6 Å². The Kier molecular flexibility index (Phi) is 7.78. The van der Waals surface area contributed by atoms with E-state index in [4.69, 9.17) is 28.8 Å². The summed E-state index contributed by atoms with van der Waals surface area (Å²) in [7, 11) is 0. The third-order valence-corrected chi connectivity index (χ3v) is 8.70. The molecule has 1 unspecified atom stereocenters. The Morgan fingerprint density at radius 3 is 2.27 bits per heavy atom. The fourth-order valence-electron chi connectivity index (χ4n) is 7.08. The van der Waals surface area contributed by atoms with E-state index in [9.17, 15) is 44.1 Å². The first kappa shape index (κ1) is 30.8. The van der Waals surface area contributed by atoms with Crippen molar-refractivity contribution in [3.05, 3.63) is 35.1 Å². The van der Waals surface area contributed by atoms with Crippen LogP contribution in [-0.2, 0) is 59.6 Å². The van der Waals surface area contributed by atoms with Gasteiger partial charge in [0.05, 0.1) is 17.4 Å². The number of phenols is 1. The van der Waals surface area contributed by atoms with Crippen LogP contribution in [0.5, 0.6) is 11.5 Å². The maximum Gasteiger partial charge on any atom is 0.357 e. The quantitative estimate of drug-likeness (QED) is 0.208. The van der Waals surface area contributed by atoms with Crippen molar-refractivity contribution in [2.24, 2.45) is 5.92 Å². The number of aliphatic hydroxyl groups is 1. The lowest BCUT2D eigenvalue weighted by molar-refractivity contribution is -0.195. The van der Waals surface area contributed by atoms with E-state index < -0.39 is 77.7 Å². The number of carbonyl (C=O) groups excluding carboxylic acids is 4. The summed E-state index contributed by atoms with van der Waals surface area (Å²) in [6, 6.07) is 3.25. The van der Waals surface area contributed by atoms with Gasteiger partial charge in [-0.05, 0) is 49.3 Å². The third-order valence-electron chi connectivity index (χ3n) is 8.70. The van der Waals surface area contributed by atoms with Crippen molar-refractivity contribution < 1.29 is 72.9 Å². The number of hydrogen-bond acceptors (Lipinski definition) is 13. The summed E-state index contributed by atoms with van der Waals surface area (Å²) in [5, 5.41) is 41.0. The molecule has 0 radical (unpaired) electrons. The zero-order chi connectivity index (χ0) is 32.1. The Labute approximate surface area is 249 Å². The predicted molar refractivity (Wildman–Crippen MR) is 140 cm³/mol. The van der Waals surface area contributed by atoms with Crippen LogP contribution in [0.4, 0.5) is 0 Å². The highest BCUT2D eigenvalue weighted by Crippen LogP contribution is 2.67.